The van der Waals surface area contributed by atoms with Crippen molar-refractivity contribution in [1.82, 2.24) is 15.5 Å². The van der Waals surface area contributed by atoms with Crippen molar-refractivity contribution >= 4 is 15.9 Å². The molecule has 0 spiro atoms. The summed E-state index contributed by atoms with van der Waals surface area (Å²) in [6.45, 7) is 2.14. The van der Waals surface area contributed by atoms with Crippen LogP contribution in [0, 0.1) is 0 Å². The summed E-state index contributed by atoms with van der Waals surface area (Å²) in [6, 6.07) is 0. The van der Waals surface area contributed by atoms with E-state index in [0.29, 0.717) is 12.2 Å². The van der Waals surface area contributed by atoms with E-state index in [2.05, 4.69) is 15.5 Å². The van der Waals surface area contributed by atoms with Crippen molar-refractivity contribution in [1.29, 1.82) is 0 Å². The van der Waals surface area contributed by atoms with Gasteiger partial charge >= 0.3 is 0 Å². The summed E-state index contributed by atoms with van der Waals surface area (Å²) in [7, 11) is -3.94. The van der Waals surface area contributed by atoms with Crippen LogP contribution in [0.4, 0.5) is 0 Å². The van der Waals surface area contributed by atoms with Gasteiger partial charge in [0.2, 0.25) is 10.0 Å². The van der Waals surface area contributed by atoms with E-state index in [1.54, 1.807) is 6.92 Å². The fourth-order valence-corrected chi connectivity index (χ4v) is 2.61. The zero-order valence-corrected chi connectivity index (χ0v) is 10.2. The second-order valence-electron chi connectivity index (χ2n) is 3.99. The molecule has 0 bridgehead atoms. The number of carbonyl (C=O) groups is 1. The number of hydrogen-bond donors (Lipinski definition) is 3. The molecule has 1 amide bonds. The first-order valence-electron chi connectivity index (χ1n) is 5.34. The molecule has 1 aliphatic carbocycles. The van der Waals surface area contributed by atoms with Crippen LogP contribution in [0.5, 0.6) is 0 Å². The molecule has 2 rings (SSSR count). The highest BCUT2D eigenvalue weighted by molar-refractivity contribution is 7.89. The van der Waals surface area contributed by atoms with E-state index >= 15 is 0 Å². The van der Waals surface area contributed by atoms with E-state index in [-0.39, 0.29) is 16.5 Å². The first-order chi connectivity index (χ1) is 7.95. The fraction of sp³-hybridized carbons (Fsp3) is 0.556. The molecule has 1 aromatic rings. The van der Waals surface area contributed by atoms with Crippen LogP contribution in [0.3, 0.4) is 0 Å². The molecule has 1 fully saturated rings. The van der Waals surface area contributed by atoms with Crippen LogP contribution in [0.15, 0.2) is 4.90 Å². The summed E-state index contributed by atoms with van der Waals surface area (Å²) in [5.74, 6) is -0.404. The summed E-state index contributed by atoms with van der Waals surface area (Å²) in [4.78, 5) is 11.5. The minimum Gasteiger partial charge on any atom is -0.351 e. The highest BCUT2D eigenvalue weighted by atomic mass is 32.2. The molecular formula is C9H14N4O3S. The Morgan fingerprint density at radius 2 is 2.24 bits per heavy atom. The van der Waals surface area contributed by atoms with Crippen molar-refractivity contribution in [2.45, 2.75) is 30.6 Å². The third kappa shape index (κ3) is 2.32. The first kappa shape index (κ1) is 12.1. The van der Waals surface area contributed by atoms with Gasteiger partial charge in [-0.05, 0) is 19.8 Å². The van der Waals surface area contributed by atoms with Gasteiger partial charge in [0.1, 0.15) is 4.90 Å². The normalized spacial score (nSPS) is 15.9. The van der Waals surface area contributed by atoms with Crippen molar-refractivity contribution in [3.63, 3.8) is 0 Å². The van der Waals surface area contributed by atoms with Crippen LogP contribution in [-0.4, -0.2) is 31.1 Å². The number of nitrogens with one attached hydrogen (secondary N) is 2. The van der Waals surface area contributed by atoms with Gasteiger partial charge in [-0.3, -0.25) is 9.89 Å². The number of H-pyrrole nitrogens is 1. The smallest absolute Gasteiger partial charge is 0.273 e. The highest BCUT2D eigenvalue weighted by Gasteiger charge is 2.35. The molecule has 1 heterocycles. The predicted molar refractivity (Wildman–Crippen MR) is 59.9 cm³/mol. The Hall–Kier alpha value is -1.41. The molecule has 7 nitrogen and oxygen atoms in total. The number of aromatic amines is 1. The number of nitrogens with zero attached hydrogens (tertiary/aromatic N) is 1. The van der Waals surface area contributed by atoms with E-state index in [1.807, 2.05) is 0 Å². The minimum absolute atomic E-state index is 0.124. The zero-order chi connectivity index (χ0) is 12.6. The summed E-state index contributed by atoms with van der Waals surface area (Å²) in [5.41, 5.74) is 0.310. The van der Waals surface area contributed by atoms with E-state index in [1.165, 1.54) is 0 Å². The maximum Gasteiger partial charge on any atom is 0.273 e. The maximum atomic E-state index is 11.7. The molecule has 1 aromatic heterocycles. The molecule has 0 atom stereocenters. The molecule has 17 heavy (non-hydrogen) atoms. The predicted octanol–water partition coefficient (Wildman–Crippen LogP) is -0.316. The number of rotatable bonds is 4. The summed E-state index contributed by atoms with van der Waals surface area (Å²) < 4.78 is 23.0. The number of primary sulfonamides is 1. The van der Waals surface area contributed by atoms with Crippen molar-refractivity contribution in [2.75, 3.05) is 6.54 Å². The molecule has 1 saturated carbocycles. The third-order valence-electron chi connectivity index (χ3n) is 2.57. The van der Waals surface area contributed by atoms with Crippen LogP contribution in [0.25, 0.3) is 0 Å². The lowest BCUT2D eigenvalue weighted by Gasteiger charge is -2.02. The Morgan fingerprint density at radius 3 is 2.71 bits per heavy atom. The third-order valence-corrected chi connectivity index (χ3v) is 3.55. The number of hydrogen-bond acceptors (Lipinski definition) is 4. The lowest BCUT2D eigenvalue weighted by atomic mass is 10.2. The topological polar surface area (TPSA) is 118 Å². The Labute approximate surface area is 98.8 Å². The number of amides is 1. The average Bonchev–Trinajstić information content (AvgIpc) is 2.95. The van der Waals surface area contributed by atoms with Gasteiger partial charge in [-0.2, -0.15) is 5.10 Å². The average molecular weight is 258 g/mol. The van der Waals surface area contributed by atoms with Gasteiger partial charge < -0.3 is 5.32 Å². The highest BCUT2D eigenvalue weighted by Crippen LogP contribution is 2.42. The molecule has 0 unspecified atom stereocenters. The Morgan fingerprint density at radius 1 is 1.59 bits per heavy atom. The van der Waals surface area contributed by atoms with Gasteiger partial charge in [-0.1, -0.05) is 0 Å². The lowest BCUT2D eigenvalue weighted by molar-refractivity contribution is 0.0947. The summed E-state index contributed by atoms with van der Waals surface area (Å²) in [6.07, 6.45) is 1.78. The standard InChI is InChI=1S/C9H14N4O3S/c1-2-11-9(14)7-8(17(10,15)16)6(12-13-7)5-3-4-5/h5H,2-4H2,1H3,(H,11,14)(H,12,13)(H2,10,15,16). The Bertz CT molecular complexity index is 545. The molecule has 0 aliphatic heterocycles. The molecule has 0 saturated heterocycles. The van der Waals surface area contributed by atoms with E-state index in [0.717, 1.165) is 12.8 Å². The van der Waals surface area contributed by atoms with E-state index in [4.69, 9.17) is 5.14 Å². The maximum absolute atomic E-state index is 11.7. The van der Waals surface area contributed by atoms with Crippen molar-refractivity contribution in [2.24, 2.45) is 5.14 Å². The molecule has 1 aliphatic rings. The van der Waals surface area contributed by atoms with Crippen molar-refractivity contribution in [3.8, 4) is 0 Å². The van der Waals surface area contributed by atoms with Crippen molar-refractivity contribution < 1.29 is 13.2 Å². The van der Waals surface area contributed by atoms with Gasteiger partial charge in [0.15, 0.2) is 5.69 Å². The van der Waals surface area contributed by atoms with Gasteiger partial charge in [-0.15, -0.1) is 0 Å². The van der Waals surface area contributed by atoms with Gasteiger partial charge in [0.05, 0.1) is 5.69 Å². The Balaban J connectivity index is 2.49. The largest absolute Gasteiger partial charge is 0.351 e. The van der Waals surface area contributed by atoms with Crippen LogP contribution < -0.4 is 10.5 Å². The molecular weight excluding hydrogens is 244 g/mol. The number of carbonyl (C=O) groups excluding carboxylic acids is 1. The Kier molecular flexibility index (Phi) is 2.92. The second kappa shape index (κ2) is 4.11. The van der Waals surface area contributed by atoms with Gasteiger partial charge in [0, 0.05) is 12.5 Å². The van der Waals surface area contributed by atoms with E-state index < -0.39 is 15.9 Å². The SMILES string of the molecule is CCNC(=O)c1n[nH]c(C2CC2)c1S(N)(=O)=O. The van der Waals surface area contributed by atoms with Crippen LogP contribution >= 0.6 is 0 Å². The fourth-order valence-electron chi connectivity index (χ4n) is 1.68. The summed E-state index contributed by atoms with van der Waals surface area (Å²) >= 11 is 0. The monoisotopic (exact) mass is 258 g/mol. The van der Waals surface area contributed by atoms with Crippen LogP contribution in [0.1, 0.15) is 41.9 Å². The first-order valence-corrected chi connectivity index (χ1v) is 6.89. The molecule has 0 aromatic carbocycles. The zero-order valence-electron chi connectivity index (χ0n) is 9.36. The number of aromatic nitrogens is 2. The number of sulfonamides is 1. The summed E-state index contributed by atoms with van der Waals surface area (Å²) in [5, 5.41) is 14.0. The molecule has 0 radical (unpaired) electrons. The van der Waals surface area contributed by atoms with Crippen LogP contribution in [0.2, 0.25) is 0 Å². The molecule has 94 valence electrons. The number of nitrogens with two attached hydrogens (primary N) is 1. The molecule has 4 N–H and O–H groups in total. The van der Waals surface area contributed by atoms with Crippen LogP contribution in [-0.2, 0) is 10.0 Å². The minimum atomic E-state index is -3.94. The van der Waals surface area contributed by atoms with Crippen molar-refractivity contribution in [3.05, 3.63) is 11.4 Å². The van der Waals surface area contributed by atoms with Gasteiger partial charge in [0.25, 0.3) is 5.91 Å². The quantitative estimate of drug-likeness (QED) is 0.686. The second-order valence-corrected chi connectivity index (χ2v) is 5.49. The van der Waals surface area contributed by atoms with E-state index in [9.17, 15) is 13.2 Å². The van der Waals surface area contributed by atoms with Gasteiger partial charge in [-0.25, -0.2) is 13.6 Å². The molecule has 8 heteroatoms. The lowest BCUT2D eigenvalue weighted by Crippen LogP contribution is -2.26.